The lowest BCUT2D eigenvalue weighted by Crippen LogP contribution is -2.48. The highest BCUT2D eigenvalue weighted by Gasteiger charge is 2.23. The molecule has 1 aromatic heterocycles. The molecule has 0 bridgehead atoms. The van der Waals surface area contributed by atoms with Gasteiger partial charge in [0.05, 0.1) is 18.4 Å². The van der Waals surface area contributed by atoms with E-state index in [-0.39, 0.29) is 5.91 Å². The number of pyridine rings is 1. The molecule has 2 aromatic rings. The van der Waals surface area contributed by atoms with E-state index in [1.165, 1.54) is 37.8 Å². The second-order valence-electron chi connectivity index (χ2n) is 7.92. The molecule has 1 N–H and O–H groups in total. The van der Waals surface area contributed by atoms with Gasteiger partial charge in [-0.1, -0.05) is 19.3 Å². The van der Waals surface area contributed by atoms with Gasteiger partial charge >= 0.3 is 0 Å². The summed E-state index contributed by atoms with van der Waals surface area (Å²) in [4.78, 5) is 21.5. The van der Waals surface area contributed by atoms with E-state index in [0.29, 0.717) is 24.7 Å². The molecule has 1 aromatic carbocycles. The number of rotatable bonds is 5. The number of nitrogens with one attached hydrogen (secondary N) is 1. The Hall–Kier alpha value is -2.76. The van der Waals surface area contributed by atoms with Crippen molar-refractivity contribution >= 4 is 17.3 Å². The van der Waals surface area contributed by atoms with Crippen molar-refractivity contribution in [3.8, 4) is 5.75 Å². The quantitative estimate of drug-likeness (QED) is 0.836. The third kappa shape index (κ3) is 4.81. The molecule has 1 saturated carbocycles. The summed E-state index contributed by atoms with van der Waals surface area (Å²) in [7, 11) is 1.67. The highest BCUT2D eigenvalue weighted by Crippen LogP contribution is 2.23. The molecule has 4 rings (SSSR count). The third-order valence-electron chi connectivity index (χ3n) is 5.97. The van der Waals surface area contributed by atoms with Gasteiger partial charge in [0.2, 0.25) is 0 Å². The molecular formula is C23H30N4O2. The Morgan fingerprint density at radius 2 is 1.76 bits per heavy atom. The summed E-state index contributed by atoms with van der Waals surface area (Å²) in [6.07, 6.45) is 9.80. The van der Waals surface area contributed by atoms with Gasteiger partial charge in [-0.2, -0.15) is 0 Å². The van der Waals surface area contributed by atoms with Gasteiger partial charge in [-0.25, -0.2) is 0 Å². The van der Waals surface area contributed by atoms with Crippen LogP contribution >= 0.6 is 0 Å². The van der Waals surface area contributed by atoms with Crippen LogP contribution in [0.1, 0.15) is 42.5 Å². The highest BCUT2D eigenvalue weighted by atomic mass is 16.5. The van der Waals surface area contributed by atoms with Crippen molar-refractivity contribution in [3.63, 3.8) is 0 Å². The van der Waals surface area contributed by atoms with Crippen molar-refractivity contribution in [1.29, 1.82) is 0 Å². The number of benzene rings is 1. The number of hydrogen-bond donors (Lipinski definition) is 1. The fourth-order valence-corrected chi connectivity index (χ4v) is 4.26. The maximum atomic E-state index is 13.0. The van der Waals surface area contributed by atoms with Crippen molar-refractivity contribution in [1.82, 2.24) is 9.88 Å². The van der Waals surface area contributed by atoms with Gasteiger partial charge in [-0.05, 0) is 43.2 Å². The average molecular weight is 395 g/mol. The van der Waals surface area contributed by atoms with E-state index in [9.17, 15) is 4.79 Å². The van der Waals surface area contributed by atoms with E-state index in [1.54, 1.807) is 13.3 Å². The molecule has 1 aliphatic carbocycles. The maximum absolute atomic E-state index is 13.0. The fraction of sp³-hybridized carbons (Fsp3) is 0.478. The maximum Gasteiger partial charge on any atom is 0.255 e. The molecule has 1 saturated heterocycles. The minimum Gasteiger partial charge on any atom is -0.497 e. The topological polar surface area (TPSA) is 57.7 Å². The molecule has 0 atom stereocenters. The molecule has 154 valence electrons. The standard InChI is InChI=1S/C23H30N4O2/c1-29-22-9-7-21(8-10-22)26-11-13-27(14-12-26)23(28)18-15-20(17-24-16-18)25-19-5-3-2-4-6-19/h7-10,15-17,19,25H,2-6,11-14H2,1H3. The summed E-state index contributed by atoms with van der Waals surface area (Å²) in [6, 6.07) is 10.6. The number of methoxy groups -OCH3 is 1. The number of piperazine rings is 1. The summed E-state index contributed by atoms with van der Waals surface area (Å²) < 4.78 is 5.23. The Morgan fingerprint density at radius 3 is 2.45 bits per heavy atom. The Bertz CT molecular complexity index is 810. The van der Waals surface area contributed by atoms with Crippen LogP contribution in [0.3, 0.4) is 0 Å². The first kappa shape index (κ1) is 19.6. The minimum absolute atomic E-state index is 0.0687. The van der Waals surface area contributed by atoms with Gasteiger partial charge in [0.25, 0.3) is 5.91 Å². The Labute approximate surface area is 172 Å². The molecule has 6 heteroatoms. The second-order valence-corrected chi connectivity index (χ2v) is 7.92. The summed E-state index contributed by atoms with van der Waals surface area (Å²) >= 11 is 0. The lowest BCUT2D eigenvalue weighted by atomic mass is 9.95. The van der Waals surface area contributed by atoms with Crippen molar-refractivity contribution in [2.75, 3.05) is 43.5 Å². The van der Waals surface area contributed by atoms with E-state index < -0.39 is 0 Å². The molecular weight excluding hydrogens is 364 g/mol. The molecule has 2 heterocycles. The van der Waals surface area contributed by atoms with Crippen molar-refractivity contribution in [2.45, 2.75) is 38.1 Å². The second kappa shape index (κ2) is 9.16. The molecule has 6 nitrogen and oxygen atoms in total. The summed E-state index contributed by atoms with van der Waals surface area (Å²) in [5, 5.41) is 3.57. The van der Waals surface area contributed by atoms with Crippen molar-refractivity contribution < 1.29 is 9.53 Å². The molecule has 0 unspecified atom stereocenters. The monoisotopic (exact) mass is 394 g/mol. The van der Waals surface area contributed by atoms with Gasteiger partial charge in [0, 0.05) is 50.3 Å². The molecule has 2 fully saturated rings. The number of carbonyl (C=O) groups excluding carboxylic acids is 1. The highest BCUT2D eigenvalue weighted by molar-refractivity contribution is 5.95. The van der Waals surface area contributed by atoms with Crippen LogP contribution in [-0.2, 0) is 0 Å². The number of carbonyl (C=O) groups is 1. The summed E-state index contributed by atoms with van der Waals surface area (Å²) in [5.74, 6) is 0.927. The SMILES string of the molecule is COc1ccc(N2CCN(C(=O)c3cncc(NC4CCCCC4)c3)CC2)cc1. The number of ether oxygens (including phenoxy) is 1. The van der Waals surface area contributed by atoms with E-state index >= 15 is 0 Å². The van der Waals surface area contributed by atoms with E-state index in [4.69, 9.17) is 4.74 Å². The zero-order valence-corrected chi connectivity index (χ0v) is 17.1. The van der Waals surface area contributed by atoms with Crippen LogP contribution in [0.4, 0.5) is 11.4 Å². The molecule has 29 heavy (non-hydrogen) atoms. The minimum atomic E-state index is 0.0687. The van der Waals surface area contributed by atoms with Crippen LogP contribution in [-0.4, -0.2) is 55.1 Å². The Kier molecular flexibility index (Phi) is 6.17. The largest absolute Gasteiger partial charge is 0.497 e. The van der Waals surface area contributed by atoms with Crippen molar-refractivity contribution in [3.05, 3.63) is 48.3 Å². The first-order chi connectivity index (χ1) is 14.2. The molecule has 0 radical (unpaired) electrons. The summed E-state index contributed by atoms with van der Waals surface area (Å²) in [6.45, 7) is 3.08. The normalized spacial score (nSPS) is 17.8. The van der Waals surface area contributed by atoms with Crippen molar-refractivity contribution in [2.24, 2.45) is 0 Å². The van der Waals surface area contributed by atoms with Crippen LogP contribution in [0.2, 0.25) is 0 Å². The zero-order valence-electron chi connectivity index (χ0n) is 17.1. The predicted octanol–water partition coefficient (Wildman–Crippen LogP) is 3.80. The van der Waals surface area contributed by atoms with Crippen LogP contribution in [0.15, 0.2) is 42.7 Å². The molecule has 0 spiro atoms. The van der Waals surface area contributed by atoms with Gasteiger partial charge < -0.3 is 19.9 Å². The Morgan fingerprint density at radius 1 is 1.03 bits per heavy atom. The van der Waals surface area contributed by atoms with Crippen LogP contribution in [0.25, 0.3) is 0 Å². The smallest absolute Gasteiger partial charge is 0.255 e. The van der Waals surface area contributed by atoms with Crippen LogP contribution < -0.4 is 15.0 Å². The predicted molar refractivity (Wildman–Crippen MR) is 116 cm³/mol. The number of hydrogen-bond acceptors (Lipinski definition) is 5. The van der Waals surface area contributed by atoms with Gasteiger partial charge in [-0.3, -0.25) is 9.78 Å². The van der Waals surface area contributed by atoms with Gasteiger partial charge in [0.15, 0.2) is 0 Å². The van der Waals surface area contributed by atoms with Crippen LogP contribution in [0, 0.1) is 0 Å². The lowest BCUT2D eigenvalue weighted by Gasteiger charge is -2.36. The van der Waals surface area contributed by atoms with E-state index in [0.717, 1.165) is 24.5 Å². The molecule has 1 aliphatic heterocycles. The molecule has 1 amide bonds. The van der Waals surface area contributed by atoms with E-state index in [1.807, 2.05) is 29.3 Å². The number of nitrogens with zero attached hydrogens (tertiary/aromatic N) is 3. The number of anilines is 2. The van der Waals surface area contributed by atoms with Gasteiger partial charge in [0.1, 0.15) is 5.75 Å². The van der Waals surface area contributed by atoms with Crippen LogP contribution in [0.5, 0.6) is 5.75 Å². The first-order valence-corrected chi connectivity index (χ1v) is 10.6. The average Bonchev–Trinajstić information content (AvgIpc) is 2.80. The Balaban J connectivity index is 1.34. The number of amides is 1. The molecule has 2 aliphatic rings. The van der Waals surface area contributed by atoms with Gasteiger partial charge in [-0.15, -0.1) is 0 Å². The zero-order chi connectivity index (χ0) is 20.1. The van der Waals surface area contributed by atoms with E-state index in [2.05, 4.69) is 27.3 Å². The first-order valence-electron chi connectivity index (χ1n) is 10.6. The lowest BCUT2D eigenvalue weighted by molar-refractivity contribution is 0.0746. The number of aromatic nitrogens is 1. The fourth-order valence-electron chi connectivity index (χ4n) is 4.26. The summed E-state index contributed by atoms with van der Waals surface area (Å²) in [5.41, 5.74) is 2.79. The third-order valence-corrected chi connectivity index (χ3v) is 5.97.